The monoisotopic (exact) mass is 249 g/mol. The summed E-state index contributed by atoms with van der Waals surface area (Å²) in [7, 11) is 0. The fraction of sp³-hybridized carbons (Fsp3) is 0.500. The Kier molecular flexibility index (Phi) is 7.42. The molecule has 0 heterocycles. The molecule has 18 heavy (non-hydrogen) atoms. The number of carbonyl (C=O) groups excluding carboxylic acids is 1. The average molecular weight is 249 g/mol. The molecule has 0 unspecified atom stereocenters. The molecular formula is C14H19NO3. The first-order chi connectivity index (χ1) is 8.83. The zero-order chi connectivity index (χ0) is 13.1. The van der Waals surface area contributed by atoms with Crippen LogP contribution < -0.4 is 5.32 Å². The number of hydrogen-bond donors (Lipinski definition) is 1. The SMILES string of the molecule is CCCCOCCNC(=O)OCC1=C=C=CC=C1. The van der Waals surface area contributed by atoms with Crippen molar-refractivity contribution in [2.24, 2.45) is 0 Å². The Morgan fingerprint density at radius 3 is 3.06 bits per heavy atom. The number of rotatable bonds is 8. The van der Waals surface area contributed by atoms with Crippen molar-refractivity contribution in [2.45, 2.75) is 19.8 Å². The fourth-order valence-corrected chi connectivity index (χ4v) is 1.24. The van der Waals surface area contributed by atoms with Crippen LogP contribution in [0.4, 0.5) is 4.79 Å². The van der Waals surface area contributed by atoms with Crippen LogP contribution in [-0.4, -0.2) is 32.5 Å². The highest BCUT2D eigenvalue weighted by Crippen LogP contribution is 1.99. The molecule has 1 aliphatic carbocycles. The third-order valence-electron chi connectivity index (χ3n) is 2.23. The fourth-order valence-electron chi connectivity index (χ4n) is 1.24. The summed E-state index contributed by atoms with van der Waals surface area (Å²) in [5.74, 6) is 0. The van der Waals surface area contributed by atoms with Gasteiger partial charge in [-0.15, -0.1) is 0 Å². The van der Waals surface area contributed by atoms with Gasteiger partial charge in [-0.05, 0) is 18.6 Å². The molecule has 0 fully saturated rings. The van der Waals surface area contributed by atoms with E-state index in [-0.39, 0.29) is 6.61 Å². The Balaban J connectivity index is 2.02. The van der Waals surface area contributed by atoms with Crippen molar-refractivity contribution in [3.8, 4) is 0 Å². The number of amides is 1. The summed E-state index contributed by atoms with van der Waals surface area (Å²) < 4.78 is 10.3. The lowest BCUT2D eigenvalue weighted by molar-refractivity contribution is 0.123. The van der Waals surface area contributed by atoms with Gasteiger partial charge in [0.15, 0.2) is 0 Å². The molecule has 1 amide bonds. The van der Waals surface area contributed by atoms with Crippen molar-refractivity contribution in [1.29, 1.82) is 0 Å². The highest BCUT2D eigenvalue weighted by Gasteiger charge is 2.02. The molecule has 0 saturated carbocycles. The molecule has 1 rings (SSSR count). The highest BCUT2D eigenvalue weighted by molar-refractivity contribution is 5.67. The molecule has 0 spiro atoms. The van der Waals surface area contributed by atoms with Crippen LogP contribution in [0.1, 0.15) is 19.8 Å². The van der Waals surface area contributed by atoms with Gasteiger partial charge in [0.2, 0.25) is 0 Å². The van der Waals surface area contributed by atoms with Gasteiger partial charge in [0, 0.05) is 18.7 Å². The van der Waals surface area contributed by atoms with E-state index >= 15 is 0 Å². The smallest absolute Gasteiger partial charge is 0.407 e. The van der Waals surface area contributed by atoms with Gasteiger partial charge in [-0.3, -0.25) is 0 Å². The molecule has 4 nitrogen and oxygen atoms in total. The van der Waals surface area contributed by atoms with Gasteiger partial charge in [-0.2, -0.15) is 0 Å². The quantitative estimate of drug-likeness (QED) is 0.530. The van der Waals surface area contributed by atoms with E-state index in [1.165, 1.54) is 0 Å². The van der Waals surface area contributed by atoms with E-state index < -0.39 is 6.09 Å². The van der Waals surface area contributed by atoms with Crippen molar-refractivity contribution >= 4 is 6.09 Å². The molecule has 0 aromatic carbocycles. The minimum atomic E-state index is -0.439. The lowest BCUT2D eigenvalue weighted by Crippen LogP contribution is -2.28. The van der Waals surface area contributed by atoms with Crippen LogP contribution in [-0.2, 0) is 9.47 Å². The van der Waals surface area contributed by atoms with Crippen molar-refractivity contribution in [2.75, 3.05) is 26.4 Å². The highest BCUT2D eigenvalue weighted by atomic mass is 16.5. The lowest BCUT2D eigenvalue weighted by atomic mass is 10.2. The van der Waals surface area contributed by atoms with Crippen molar-refractivity contribution in [3.05, 3.63) is 35.3 Å². The predicted molar refractivity (Wildman–Crippen MR) is 69.3 cm³/mol. The molecular weight excluding hydrogens is 230 g/mol. The molecule has 0 radical (unpaired) electrons. The van der Waals surface area contributed by atoms with Gasteiger partial charge in [0.05, 0.1) is 6.61 Å². The van der Waals surface area contributed by atoms with Gasteiger partial charge in [0.1, 0.15) is 6.61 Å². The predicted octanol–water partition coefficient (Wildman–Crippen LogP) is 2.34. The van der Waals surface area contributed by atoms with Crippen molar-refractivity contribution < 1.29 is 14.3 Å². The standard InChI is InChI=1S/C14H19NO3/c1-2-3-10-17-11-9-15-14(16)18-12-13-7-5-4-6-8-13/h4-5,7H,2-3,9-12H2,1H3,(H,15,16). The zero-order valence-electron chi connectivity index (χ0n) is 10.7. The van der Waals surface area contributed by atoms with Gasteiger partial charge >= 0.3 is 6.09 Å². The largest absolute Gasteiger partial charge is 0.444 e. The summed E-state index contributed by atoms with van der Waals surface area (Å²) in [5.41, 5.74) is 6.46. The number of hydrogen-bond acceptors (Lipinski definition) is 3. The summed E-state index contributed by atoms with van der Waals surface area (Å²) in [4.78, 5) is 11.3. The second-order valence-electron chi connectivity index (χ2n) is 3.79. The van der Waals surface area contributed by atoms with Crippen LogP contribution in [0.15, 0.2) is 35.3 Å². The van der Waals surface area contributed by atoms with Crippen LogP contribution in [0, 0.1) is 0 Å². The number of carbonyl (C=O) groups is 1. The summed E-state index contributed by atoms with van der Waals surface area (Å²) >= 11 is 0. The second-order valence-corrected chi connectivity index (χ2v) is 3.79. The molecule has 0 bridgehead atoms. The topological polar surface area (TPSA) is 47.6 Å². The van der Waals surface area contributed by atoms with E-state index in [4.69, 9.17) is 9.47 Å². The number of unbranched alkanes of at least 4 members (excludes halogenated alkanes) is 1. The molecule has 0 atom stereocenters. The Bertz CT molecular complexity index is 386. The normalized spacial score (nSPS) is 12.4. The third kappa shape index (κ3) is 6.77. The van der Waals surface area contributed by atoms with Crippen LogP contribution in [0.5, 0.6) is 0 Å². The molecule has 0 saturated heterocycles. The molecule has 0 aromatic rings. The van der Waals surface area contributed by atoms with E-state index in [1.54, 1.807) is 6.08 Å². The lowest BCUT2D eigenvalue weighted by Gasteiger charge is -2.07. The maximum Gasteiger partial charge on any atom is 0.407 e. The van der Waals surface area contributed by atoms with Crippen LogP contribution >= 0.6 is 0 Å². The van der Waals surface area contributed by atoms with Crippen LogP contribution in [0.25, 0.3) is 0 Å². The van der Waals surface area contributed by atoms with E-state index in [0.717, 1.165) is 25.0 Å². The number of alkyl carbamates (subject to hydrolysis) is 1. The molecule has 0 aliphatic heterocycles. The number of ether oxygens (including phenoxy) is 2. The molecule has 98 valence electrons. The first kappa shape index (κ1) is 14.3. The molecule has 1 aliphatic rings. The van der Waals surface area contributed by atoms with E-state index in [9.17, 15) is 4.79 Å². The van der Waals surface area contributed by atoms with E-state index in [0.29, 0.717) is 13.2 Å². The zero-order valence-corrected chi connectivity index (χ0v) is 10.7. The van der Waals surface area contributed by atoms with Gasteiger partial charge in [-0.25, -0.2) is 4.79 Å². The minimum absolute atomic E-state index is 0.208. The maximum atomic E-state index is 11.3. The minimum Gasteiger partial charge on any atom is -0.444 e. The average Bonchev–Trinajstić information content (AvgIpc) is 2.41. The van der Waals surface area contributed by atoms with E-state index in [1.807, 2.05) is 12.2 Å². The summed E-state index contributed by atoms with van der Waals surface area (Å²) in [6.07, 6.45) is 7.13. The van der Waals surface area contributed by atoms with Crippen molar-refractivity contribution in [3.63, 3.8) is 0 Å². The first-order valence-electron chi connectivity index (χ1n) is 6.18. The van der Waals surface area contributed by atoms with Gasteiger partial charge in [0.25, 0.3) is 0 Å². The van der Waals surface area contributed by atoms with Crippen LogP contribution in [0.2, 0.25) is 0 Å². The first-order valence-corrected chi connectivity index (χ1v) is 6.18. The third-order valence-corrected chi connectivity index (χ3v) is 2.23. The Labute approximate surface area is 108 Å². The number of allylic oxidation sites excluding steroid dienone is 2. The second kappa shape index (κ2) is 9.32. The molecule has 0 aromatic heterocycles. The molecule has 4 heteroatoms. The van der Waals surface area contributed by atoms with Gasteiger partial charge in [-0.1, -0.05) is 30.9 Å². The maximum absolute atomic E-state index is 11.3. The summed E-state index contributed by atoms with van der Waals surface area (Å²) in [6, 6.07) is 0. The van der Waals surface area contributed by atoms with E-state index in [2.05, 4.69) is 23.7 Å². The Morgan fingerprint density at radius 2 is 2.33 bits per heavy atom. The summed E-state index contributed by atoms with van der Waals surface area (Å²) in [5, 5.41) is 2.62. The van der Waals surface area contributed by atoms with Crippen molar-refractivity contribution in [1.82, 2.24) is 5.32 Å². The Morgan fingerprint density at radius 1 is 1.44 bits per heavy atom. The number of nitrogens with one attached hydrogen (secondary N) is 1. The van der Waals surface area contributed by atoms with Crippen LogP contribution in [0.3, 0.4) is 0 Å². The molecule has 1 N–H and O–H groups in total. The van der Waals surface area contributed by atoms with Gasteiger partial charge < -0.3 is 14.8 Å². The summed E-state index contributed by atoms with van der Waals surface area (Å²) in [6.45, 7) is 4.03. The Hall–Kier alpha value is -1.73.